The summed E-state index contributed by atoms with van der Waals surface area (Å²) in [5, 5.41) is 0. The molecule has 0 saturated heterocycles. The molecule has 1 nitrogen and oxygen atoms in total. The van der Waals surface area contributed by atoms with E-state index in [-0.39, 0.29) is 0 Å². The van der Waals surface area contributed by atoms with Crippen molar-refractivity contribution in [3.05, 3.63) is 42.5 Å². The van der Waals surface area contributed by atoms with Crippen molar-refractivity contribution >= 4 is 11.1 Å². The summed E-state index contributed by atoms with van der Waals surface area (Å²) in [4.78, 5) is 0. The second-order valence-electron chi connectivity index (χ2n) is 3.74. The van der Waals surface area contributed by atoms with Crippen LogP contribution in [0.1, 0.15) is 31.9 Å². The van der Waals surface area contributed by atoms with Crippen LogP contribution in [0.2, 0.25) is 0 Å². The van der Waals surface area contributed by atoms with Crippen LogP contribution in [0.25, 0.3) is 11.1 Å². The lowest BCUT2D eigenvalue weighted by Crippen LogP contribution is -1.94. The van der Waals surface area contributed by atoms with E-state index in [4.69, 9.17) is 4.74 Å². The molecular weight excluding hydrogens is 184 g/mol. The number of hydrogen-bond donors (Lipinski definition) is 0. The molecule has 0 aliphatic rings. The van der Waals surface area contributed by atoms with Gasteiger partial charge < -0.3 is 4.74 Å². The van der Waals surface area contributed by atoms with E-state index < -0.39 is 0 Å². The van der Waals surface area contributed by atoms with E-state index in [0.29, 0.717) is 6.61 Å². The summed E-state index contributed by atoms with van der Waals surface area (Å²) in [6, 6.07) is 6.11. The topological polar surface area (TPSA) is 9.23 Å². The molecule has 0 aliphatic carbocycles. The third-order valence-electron chi connectivity index (χ3n) is 2.20. The van der Waals surface area contributed by atoms with Crippen molar-refractivity contribution < 1.29 is 4.74 Å². The maximum absolute atomic E-state index is 5.51. The van der Waals surface area contributed by atoms with Crippen LogP contribution in [-0.2, 0) is 0 Å². The molecule has 0 N–H and O–H groups in total. The summed E-state index contributed by atoms with van der Waals surface area (Å²) in [6.07, 6.45) is 0. The van der Waals surface area contributed by atoms with Gasteiger partial charge in [0.1, 0.15) is 5.75 Å². The number of hydrogen-bond acceptors (Lipinski definition) is 1. The van der Waals surface area contributed by atoms with Gasteiger partial charge in [-0.05, 0) is 50.1 Å². The van der Waals surface area contributed by atoms with E-state index in [2.05, 4.69) is 19.2 Å². The van der Waals surface area contributed by atoms with Gasteiger partial charge in [-0.1, -0.05) is 24.3 Å². The zero-order chi connectivity index (χ0) is 11.4. The summed E-state index contributed by atoms with van der Waals surface area (Å²) in [5.41, 5.74) is 4.30. The number of allylic oxidation sites excluding steroid dienone is 2. The molecule has 1 aromatic rings. The number of rotatable bonds is 4. The van der Waals surface area contributed by atoms with Crippen LogP contribution in [0.15, 0.2) is 31.4 Å². The lowest BCUT2D eigenvalue weighted by molar-refractivity contribution is 0.340. The highest BCUT2D eigenvalue weighted by Gasteiger charge is 2.02. The van der Waals surface area contributed by atoms with E-state index >= 15 is 0 Å². The summed E-state index contributed by atoms with van der Waals surface area (Å²) in [6.45, 7) is 14.5. The van der Waals surface area contributed by atoms with Crippen LogP contribution in [0.4, 0.5) is 0 Å². The minimum Gasteiger partial charge on any atom is -0.494 e. The van der Waals surface area contributed by atoms with Crippen molar-refractivity contribution in [2.45, 2.75) is 20.8 Å². The quantitative estimate of drug-likeness (QED) is 0.712. The van der Waals surface area contributed by atoms with Gasteiger partial charge in [0.15, 0.2) is 0 Å². The van der Waals surface area contributed by atoms with Crippen LogP contribution in [0.5, 0.6) is 5.75 Å². The van der Waals surface area contributed by atoms with Crippen molar-refractivity contribution in [1.29, 1.82) is 0 Å². The minimum atomic E-state index is 0.676. The number of benzene rings is 1. The molecule has 0 amide bonds. The fourth-order valence-corrected chi connectivity index (χ4v) is 1.34. The van der Waals surface area contributed by atoms with Gasteiger partial charge in [-0.3, -0.25) is 0 Å². The Morgan fingerprint density at radius 3 is 1.87 bits per heavy atom. The Bertz CT molecular complexity index is 356. The Morgan fingerprint density at radius 2 is 1.53 bits per heavy atom. The molecule has 0 fully saturated rings. The van der Waals surface area contributed by atoms with Gasteiger partial charge in [0, 0.05) is 0 Å². The molecule has 0 heterocycles. The van der Waals surface area contributed by atoms with Crippen molar-refractivity contribution in [2.75, 3.05) is 6.61 Å². The van der Waals surface area contributed by atoms with Crippen molar-refractivity contribution in [2.24, 2.45) is 0 Å². The van der Waals surface area contributed by atoms with Crippen LogP contribution in [0.3, 0.4) is 0 Å². The number of ether oxygens (including phenoxy) is 1. The van der Waals surface area contributed by atoms with E-state index in [0.717, 1.165) is 28.0 Å². The van der Waals surface area contributed by atoms with E-state index in [1.165, 1.54) is 0 Å². The fourth-order valence-electron chi connectivity index (χ4n) is 1.34. The van der Waals surface area contributed by atoms with Crippen molar-refractivity contribution in [3.8, 4) is 5.75 Å². The second-order valence-corrected chi connectivity index (χ2v) is 3.74. The maximum Gasteiger partial charge on any atom is 0.120 e. The molecular formula is C14H18O. The molecule has 80 valence electrons. The van der Waals surface area contributed by atoms with Gasteiger partial charge in [-0.15, -0.1) is 0 Å². The predicted molar refractivity (Wildman–Crippen MR) is 67.0 cm³/mol. The first-order valence-corrected chi connectivity index (χ1v) is 5.14. The molecule has 0 unspecified atom stereocenters. The minimum absolute atomic E-state index is 0.676. The second kappa shape index (κ2) is 4.83. The molecule has 15 heavy (non-hydrogen) atoms. The highest BCUT2D eigenvalue weighted by molar-refractivity contribution is 5.70. The molecule has 0 bridgehead atoms. The molecule has 0 spiro atoms. The average molecular weight is 202 g/mol. The summed E-state index contributed by atoms with van der Waals surface area (Å²) < 4.78 is 5.51. The largest absolute Gasteiger partial charge is 0.494 e. The molecule has 0 saturated carbocycles. The van der Waals surface area contributed by atoms with E-state index in [1.54, 1.807) is 0 Å². The summed E-state index contributed by atoms with van der Waals surface area (Å²) >= 11 is 0. The third-order valence-corrected chi connectivity index (χ3v) is 2.20. The normalized spacial score (nSPS) is 9.80. The van der Waals surface area contributed by atoms with Gasteiger partial charge in [-0.25, -0.2) is 0 Å². The SMILES string of the molecule is C=C(C)c1cc(OCC)cc(C(=C)C)c1. The predicted octanol–water partition coefficient (Wildman–Crippen LogP) is 4.15. The molecule has 0 aliphatic heterocycles. The van der Waals surface area contributed by atoms with Gasteiger partial charge in [0.2, 0.25) is 0 Å². The van der Waals surface area contributed by atoms with Crippen molar-refractivity contribution in [1.82, 2.24) is 0 Å². The zero-order valence-electron chi connectivity index (χ0n) is 9.76. The lowest BCUT2D eigenvalue weighted by Gasteiger charge is -2.10. The highest BCUT2D eigenvalue weighted by Crippen LogP contribution is 2.25. The lowest BCUT2D eigenvalue weighted by atomic mass is 10.0. The average Bonchev–Trinajstić information content (AvgIpc) is 2.17. The summed E-state index contributed by atoms with van der Waals surface area (Å²) in [5.74, 6) is 0.885. The van der Waals surface area contributed by atoms with Gasteiger partial charge >= 0.3 is 0 Å². The molecule has 1 rings (SSSR count). The molecule has 1 heteroatoms. The van der Waals surface area contributed by atoms with Crippen molar-refractivity contribution in [3.63, 3.8) is 0 Å². The Hall–Kier alpha value is -1.50. The molecule has 1 aromatic carbocycles. The molecule has 0 radical (unpaired) electrons. The van der Waals surface area contributed by atoms with E-state index in [1.807, 2.05) is 32.9 Å². The van der Waals surface area contributed by atoms with Crippen LogP contribution in [-0.4, -0.2) is 6.61 Å². The van der Waals surface area contributed by atoms with Crippen LogP contribution >= 0.6 is 0 Å². The van der Waals surface area contributed by atoms with Gasteiger partial charge in [0.25, 0.3) is 0 Å². The third kappa shape index (κ3) is 2.98. The fraction of sp³-hybridized carbons (Fsp3) is 0.286. The first-order valence-electron chi connectivity index (χ1n) is 5.14. The first kappa shape index (κ1) is 11.6. The Labute approximate surface area is 92.1 Å². The van der Waals surface area contributed by atoms with Crippen LogP contribution in [0, 0.1) is 0 Å². The zero-order valence-corrected chi connectivity index (χ0v) is 9.76. The Balaban J connectivity index is 3.19. The van der Waals surface area contributed by atoms with Crippen LogP contribution < -0.4 is 4.74 Å². The highest BCUT2D eigenvalue weighted by atomic mass is 16.5. The summed E-state index contributed by atoms with van der Waals surface area (Å²) in [7, 11) is 0. The van der Waals surface area contributed by atoms with Gasteiger partial charge in [0.05, 0.1) is 6.61 Å². The smallest absolute Gasteiger partial charge is 0.120 e. The maximum atomic E-state index is 5.51. The molecule has 0 aromatic heterocycles. The first-order chi connectivity index (χ1) is 7.04. The Morgan fingerprint density at radius 1 is 1.07 bits per heavy atom. The monoisotopic (exact) mass is 202 g/mol. The van der Waals surface area contributed by atoms with E-state index in [9.17, 15) is 0 Å². The standard InChI is InChI=1S/C14H18O/c1-6-15-14-8-12(10(2)3)7-13(9-14)11(4)5/h7-9H,2,4,6H2,1,3,5H3. The Kier molecular flexibility index (Phi) is 3.73. The van der Waals surface area contributed by atoms with Gasteiger partial charge in [-0.2, -0.15) is 0 Å². The molecule has 0 atom stereocenters.